The molecule has 2 N–H and O–H groups in total. The van der Waals surface area contributed by atoms with Gasteiger partial charge in [0.2, 0.25) is 0 Å². The summed E-state index contributed by atoms with van der Waals surface area (Å²) >= 11 is 5.91. The Kier molecular flexibility index (Phi) is 3.98. The highest BCUT2D eigenvalue weighted by Crippen LogP contribution is 2.20. The topological polar surface area (TPSA) is 70.9 Å². The summed E-state index contributed by atoms with van der Waals surface area (Å²) < 4.78 is 5.49. The molecule has 112 valence electrons. The van der Waals surface area contributed by atoms with E-state index in [1.165, 1.54) is 0 Å². The summed E-state index contributed by atoms with van der Waals surface area (Å²) in [7, 11) is 0. The van der Waals surface area contributed by atoms with Crippen LogP contribution >= 0.6 is 11.6 Å². The maximum atomic E-state index is 12.1. The summed E-state index contributed by atoms with van der Waals surface area (Å²) in [6.45, 7) is 2.25. The molecule has 0 radical (unpaired) electrons. The average Bonchev–Trinajstić information content (AvgIpc) is 3.13. The molecule has 0 aliphatic heterocycles. The Morgan fingerprint density at radius 2 is 2.18 bits per heavy atom. The van der Waals surface area contributed by atoms with Crippen molar-refractivity contribution >= 4 is 17.5 Å². The molecule has 3 aromatic rings. The highest BCUT2D eigenvalue weighted by Gasteiger charge is 2.13. The number of carbonyl (C=O) groups excluding carboxylic acids is 1. The molecule has 22 heavy (non-hydrogen) atoms. The van der Waals surface area contributed by atoms with Crippen LogP contribution in [0.5, 0.6) is 0 Å². The van der Waals surface area contributed by atoms with Crippen LogP contribution in [0, 0.1) is 6.92 Å². The van der Waals surface area contributed by atoms with Gasteiger partial charge in [0.15, 0.2) is 11.5 Å². The van der Waals surface area contributed by atoms with Crippen molar-refractivity contribution in [1.29, 1.82) is 0 Å². The van der Waals surface area contributed by atoms with Crippen LogP contribution in [0.3, 0.4) is 0 Å². The Morgan fingerprint density at radius 3 is 2.91 bits per heavy atom. The zero-order chi connectivity index (χ0) is 15.5. The number of halogens is 1. The first-order valence-electron chi connectivity index (χ1n) is 6.77. The Morgan fingerprint density at radius 1 is 1.32 bits per heavy atom. The normalized spacial score (nSPS) is 10.6. The number of rotatable bonds is 4. The number of carbonyl (C=O) groups is 1. The van der Waals surface area contributed by atoms with Crippen molar-refractivity contribution in [1.82, 2.24) is 15.5 Å². The number of aryl methyl sites for hydroxylation is 1. The van der Waals surface area contributed by atoms with Gasteiger partial charge in [-0.3, -0.25) is 9.89 Å². The molecule has 0 saturated carbocycles. The van der Waals surface area contributed by atoms with Gasteiger partial charge in [0.1, 0.15) is 11.5 Å². The molecular formula is C16H14ClN3O2. The van der Waals surface area contributed by atoms with E-state index < -0.39 is 0 Å². The second-order valence-electron chi connectivity index (χ2n) is 4.89. The van der Waals surface area contributed by atoms with E-state index in [4.69, 9.17) is 16.0 Å². The third-order valence-corrected chi connectivity index (χ3v) is 3.39. The summed E-state index contributed by atoms with van der Waals surface area (Å²) in [5.41, 5.74) is 1.91. The van der Waals surface area contributed by atoms with Crippen LogP contribution in [0.15, 0.2) is 46.9 Å². The van der Waals surface area contributed by atoms with Crippen LogP contribution in [0.4, 0.5) is 0 Å². The smallest absolute Gasteiger partial charge is 0.272 e. The fourth-order valence-corrected chi connectivity index (χ4v) is 2.28. The maximum Gasteiger partial charge on any atom is 0.272 e. The SMILES string of the molecule is Cc1ccc(-c2cc(C(=O)NCc3cccc(Cl)c3)n[nH]2)o1. The number of nitrogens with one attached hydrogen (secondary N) is 2. The average molecular weight is 316 g/mol. The molecule has 0 unspecified atom stereocenters. The zero-order valence-corrected chi connectivity index (χ0v) is 12.6. The lowest BCUT2D eigenvalue weighted by molar-refractivity contribution is 0.0946. The van der Waals surface area contributed by atoms with Gasteiger partial charge in [-0.1, -0.05) is 23.7 Å². The molecule has 0 spiro atoms. The van der Waals surface area contributed by atoms with Crippen molar-refractivity contribution in [2.75, 3.05) is 0 Å². The van der Waals surface area contributed by atoms with Crippen LogP contribution in [0.2, 0.25) is 5.02 Å². The number of hydrogen-bond donors (Lipinski definition) is 2. The lowest BCUT2D eigenvalue weighted by Crippen LogP contribution is -2.23. The summed E-state index contributed by atoms with van der Waals surface area (Å²) in [6, 6.07) is 12.7. The van der Waals surface area contributed by atoms with Crippen molar-refractivity contribution in [3.05, 3.63) is 64.5 Å². The summed E-state index contributed by atoms with van der Waals surface area (Å²) in [6.07, 6.45) is 0. The third kappa shape index (κ3) is 3.20. The van der Waals surface area contributed by atoms with Gasteiger partial charge in [0, 0.05) is 17.6 Å². The van der Waals surface area contributed by atoms with Gasteiger partial charge in [0.25, 0.3) is 5.91 Å². The van der Waals surface area contributed by atoms with E-state index in [1.54, 1.807) is 12.1 Å². The Balaban J connectivity index is 1.67. The highest BCUT2D eigenvalue weighted by molar-refractivity contribution is 6.30. The van der Waals surface area contributed by atoms with Crippen molar-refractivity contribution in [3.63, 3.8) is 0 Å². The van der Waals surface area contributed by atoms with E-state index in [2.05, 4.69) is 15.5 Å². The van der Waals surface area contributed by atoms with Gasteiger partial charge in [-0.05, 0) is 36.8 Å². The standard InChI is InChI=1S/C16H14ClN3O2/c1-10-5-6-15(22-10)13-8-14(20-19-13)16(21)18-9-11-3-2-4-12(17)7-11/h2-8H,9H2,1H3,(H,18,21)(H,19,20). The minimum Gasteiger partial charge on any atom is -0.460 e. The molecule has 2 heterocycles. The lowest BCUT2D eigenvalue weighted by atomic mass is 10.2. The number of aromatic amines is 1. The molecule has 1 aromatic carbocycles. The largest absolute Gasteiger partial charge is 0.460 e. The second kappa shape index (κ2) is 6.07. The summed E-state index contributed by atoms with van der Waals surface area (Å²) in [4.78, 5) is 12.1. The first-order valence-corrected chi connectivity index (χ1v) is 7.14. The third-order valence-electron chi connectivity index (χ3n) is 3.16. The van der Waals surface area contributed by atoms with Crippen LogP contribution < -0.4 is 5.32 Å². The van der Waals surface area contributed by atoms with E-state index in [0.29, 0.717) is 28.7 Å². The first kappa shape index (κ1) is 14.4. The fraction of sp³-hybridized carbons (Fsp3) is 0.125. The van der Waals surface area contributed by atoms with Gasteiger partial charge in [-0.25, -0.2) is 0 Å². The van der Waals surface area contributed by atoms with Gasteiger partial charge >= 0.3 is 0 Å². The molecule has 0 aliphatic carbocycles. The lowest BCUT2D eigenvalue weighted by Gasteiger charge is -2.03. The van der Waals surface area contributed by atoms with E-state index in [1.807, 2.05) is 37.3 Å². The molecule has 5 nitrogen and oxygen atoms in total. The predicted octanol–water partition coefficient (Wildman–Crippen LogP) is 3.56. The van der Waals surface area contributed by atoms with Crippen LogP contribution in [-0.4, -0.2) is 16.1 Å². The van der Waals surface area contributed by atoms with Crippen molar-refractivity contribution < 1.29 is 9.21 Å². The van der Waals surface area contributed by atoms with Gasteiger partial charge in [0.05, 0.1) is 0 Å². The number of furan rings is 1. The minimum atomic E-state index is -0.259. The van der Waals surface area contributed by atoms with Gasteiger partial charge in [-0.2, -0.15) is 5.10 Å². The maximum absolute atomic E-state index is 12.1. The number of nitrogens with zero attached hydrogens (tertiary/aromatic N) is 1. The van der Waals surface area contributed by atoms with Crippen molar-refractivity contribution in [2.24, 2.45) is 0 Å². The Bertz CT molecular complexity index is 807. The molecule has 0 fully saturated rings. The second-order valence-corrected chi connectivity index (χ2v) is 5.33. The molecule has 6 heteroatoms. The fourth-order valence-electron chi connectivity index (χ4n) is 2.06. The van der Waals surface area contributed by atoms with E-state index in [9.17, 15) is 4.79 Å². The summed E-state index contributed by atoms with van der Waals surface area (Å²) in [5.74, 6) is 1.20. The van der Waals surface area contributed by atoms with Crippen LogP contribution in [0.1, 0.15) is 21.8 Å². The Hall–Kier alpha value is -2.53. The first-order chi connectivity index (χ1) is 10.6. The molecule has 0 aliphatic rings. The molecular weight excluding hydrogens is 302 g/mol. The van der Waals surface area contributed by atoms with E-state index in [0.717, 1.165) is 11.3 Å². The molecule has 0 saturated heterocycles. The number of amides is 1. The Labute approximate surface area is 132 Å². The molecule has 1 amide bonds. The predicted molar refractivity (Wildman–Crippen MR) is 83.6 cm³/mol. The summed E-state index contributed by atoms with van der Waals surface area (Å²) in [5, 5.41) is 10.2. The van der Waals surface area contributed by atoms with E-state index in [-0.39, 0.29) is 5.91 Å². The highest BCUT2D eigenvalue weighted by atomic mass is 35.5. The number of H-pyrrole nitrogens is 1. The van der Waals surface area contributed by atoms with Crippen molar-refractivity contribution in [3.8, 4) is 11.5 Å². The van der Waals surface area contributed by atoms with Gasteiger partial charge in [-0.15, -0.1) is 0 Å². The zero-order valence-electron chi connectivity index (χ0n) is 11.9. The number of hydrogen-bond acceptors (Lipinski definition) is 3. The van der Waals surface area contributed by atoms with Crippen molar-refractivity contribution in [2.45, 2.75) is 13.5 Å². The molecule has 3 rings (SSSR count). The van der Waals surface area contributed by atoms with E-state index >= 15 is 0 Å². The minimum absolute atomic E-state index is 0.259. The molecule has 0 atom stereocenters. The molecule has 0 bridgehead atoms. The number of aromatic nitrogens is 2. The quantitative estimate of drug-likeness (QED) is 0.773. The monoisotopic (exact) mass is 315 g/mol. The molecule has 2 aromatic heterocycles. The van der Waals surface area contributed by atoms with Crippen LogP contribution in [-0.2, 0) is 6.54 Å². The van der Waals surface area contributed by atoms with Gasteiger partial charge < -0.3 is 9.73 Å². The van der Waals surface area contributed by atoms with Crippen LogP contribution in [0.25, 0.3) is 11.5 Å². The number of benzene rings is 1.